The van der Waals surface area contributed by atoms with E-state index >= 15 is 0 Å². The highest BCUT2D eigenvalue weighted by Crippen LogP contribution is 2.40. The lowest BCUT2D eigenvalue weighted by Crippen LogP contribution is -2.52. The molecule has 0 bridgehead atoms. The Bertz CT molecular complexity index is 979. The molecule has 0 aliphatic rings. The average molecular weight is 345 g/mol. The second kappa shape index (κ2) is 5.82. The van der Waals surface area contributed by atoms with E-state index in [0.717, 1.165) is 25.7 Å². The Morgan fingerprint density at radius 2 is 1.75 bits per heavy atom. The molecule has 0 saturated heterocycles. The van der Waals surface area contributed by atoms with Gasteiger partial charge in [0.25, 0.3) is 5.92 Å². The van der Waals surface area contributed by atoms with Gasteiger partial charge in [0.1, 0.15) is 12.1 Å². The van der Waals surface area contributed by atoms with Gasteiger partial charge < -0.3 is 10.8 Å². The average Bonchev–Trinajstić information content (AvgIpc) is 2.92. The van der Waals surface area contributed by atoms with E-state index in [1.54, 1.807) is 36.5 Å². The molecular formula is C19H17F2NOS. The first-order valence-corrected chi connectivity index (χ1v) is 8.29. The van der Waals surface area contributed by atoms with E-state index in [2.05, 4.69) is 11.8 Å². The summed E-state index contributed by atoms with van der Waals surface area (Å²) in [7, 11) is 0. The van der Waals surface area contributed by atoms with Crippen LogP contribution in [-0.4, -0.2) is 17.6 Å². The molecule has 2 nitrogen and oxygen atoms in total. The van der Waals surface area contributed by atoms with Crippen molar-refractivity contribution >= 4 is 31.5 Å². The first kappa shape index (κ1) is 16.8. The topological polar surface area (TPSA) is 46.2 Å². The van der Waals surface area contributed by atoms with Gasteiger partial charge in [-0.3, -0.25) is 0 Å². The fourth-order valence-corrected chi connectivity index (χ4v) is 3.76. The molecule has 1 atom stereocenters. The molecular weight excluding hydrogens is 328 g/mol. The lowest BCUT2D eigenvalue weighted by molar-refractivity contribution is -0.108. The second-order valence-electron chi connectivity index (χ2n) is 5.96. The number of nitrogens with two attached hydrogens (primary N) is 1. The molecule has 0 spiro atoms. The smallest absolute Gasteiger partial charge is 0.291 e. The minimum absolute atomic E-state index is 0.292. The number of halogens is 2. The van der Waals surface area contributed by atoms with E-state index in [1.807, 2.05) is 18.2 Å². The normalized spacial score (nSPS) is 14.4. The molecule has 124 valence electrons. The molecule has 0 aliphatic heterocycles. The highest BCUT2D eigenvalue weighted by atomic mass is 32.1. The molecule has 1 heterocycles. The van der Waals surface area contributed by atoms with Gasteiger partial charge in [-0.2, -0.15) is 0 Å². The van der Waals surface area contributed by atoms with Gasteiger partial charge in [-0.25, -0.2) is 8.78 Å². The summed E-state index contributed by atoms with van der Waals surface area (Å²) < 4.78 is 30.1. The van der Waals surface area contributed by atoms with E-state index in [1.165, 1.54) is 6.92 Å². The van der Waals surface area contributed by atoms with Crippen molar-refractivity contribution in [3.8, 4) is 11.8 Å². The van der Waals surface area contributed by atoms with Crippen molar-refractivity contribution in [3.05, 3.63) is 47.5 Å². The fourth-order valence-electron chi connectivity index (χ4n) is 2.70. The summed E-state index contributed by atoms with van der Waals surface area (Å²) in [5.74, 6) is 2.46. The largest absolute Gasteiger partial charge is 0.390 e. The fraction of sp³-hybridized carbons (Fsp3) is 0.263. The number of alkyl halides is 2. The van der Waals surface area contributed by atoms with Crippen molar-refractivity contribution < 1.29 is 13.9 Å². The number of aliphatic hydroxyl groups excluding tert-OH is 1. The standard InChI is InChI=1S/C19H17F2NOS/c1-3-4-12-5-7-16-14(9-12)15-10-13(6-8-17(15)24-16)18(2,22)19(20,21)11-23/h5-10,23H,11,22H2,1-2H3. The van der Waals surface area contributed by atoms with E-state index in [4.69, 9.17) is 10.8 Å². The molecule has 5 heteroatoms. The van der Waals surface area contributed by atoms with Crippen molar-refractivity contribution in [1.29, 1.82) is 0 Å². The number of hydrogen-bond acceptors (Lipinski definition) is 3. The number of fused-ring (bicyclic) bond motifs is 3. The van der Waals surface area contributed by atoms with Crippen LogP contribution in [0.5, 0.6) is 0 Å². The van der Waals surface area contributed by atoms with Gasteiger partial charge in [-0.05, 0) is 49.7 Å². The van der Waals surface area contributed by atoms with Crippen LogP contribution in [0.1, 0.15) is 25.0 Å². The zero-order chi connectivity index (χ0) is 17.5. The SMILES string of the molecule is CC#Cc1ccc2sc3ccc(C(C)(N)C(F)(F)CO)cc3c2c1. The zero-order valence-electron chi connectivity index (χ0n) is 13.4. The Kier molecular flexibility index (Phi) is 4.08. The van der Waals surface area contributed by atoms with Gasteiger partial charge in [-0.1, -0.05) is 12.0 Å². The van der Waals surface area contributed by atoms with Crippen LogP contribution in [0.15, 0.2) is 36.4 Å². The van der Waals surface area contributed by atoms with Gasteiger partial charge in [0.15, 0.2) is 0 Å². The molecule has 0 fully saturated rings. The molecule has 2 aromatic carbocycles. The molecule has 3 N–H and O–H groups in total. The van der Waals surface area contributed by atoms with E-state index < -0.39 is 18.1 Å². The maximum Gasteiger partial charge on any atom is 0.291 e. The van der Waals surface area contributed by atoms with Crippen molar-refractivity contribution in [3.63, 3.8) is 0 Å². The highest BCUT2D eigenvalue weighted by molar-refractivity contribution is 7.25. The Morgan fingerprint density at radius 1 is 1.12 bits per heavy atom. The van der Waals surface area contributed by atoms with Gasteiger partial charge in [0.2, 0.25) is 0 Å². The summed E-state index contributed by atoms with van der Waals surface area (Å²) in [6.07, 6.45) is 0. The summed E-state index contributed by atoms with van der Waals surface area (Å²) in [4.78, 5) is 0. The van der Waals surface area contributed by atoms with Crippen LogP contribution in [0.2, 0.25) is 0 Å². The number of thiophene rings is 1. The van der Waals surface area contributed by atoms with Crippen LogP contribution in [-0.2, 0) is 5.54 Å². The van der Waals surface area contributed by atoms with Crippen LogP contribution in [0.25, 0.3) is 20.2 Å². The first-order valence-electron chi connectivity index (χ1n) is 7.47. The third-order valence-corrected chi connectivity index (χ3v) is 5.45. The van der Waals surface area contributed by atoms with Crippen LogP contribution in [0.3, 0.4) is 0 Å². The maximum absolute atomic E-state index is 14.0. The zero-order valence-corrected chi connectivity index (χ0v) is 14.2. The van der Waals surface area contributed by atoms with Crippen LogP contribution in [0.4, 0.5) is 8.78 Å². The molecule has 3 aromatic rings. The molecule has 0 aliphatic carbocycles. The summed E-state index contributed by atoms with van der Waals surface area (Å²) in [5.41, 5.74) is 5.10. The third kappa shape index (κ3) is 2.57. The lowest BCUT2D eigenvalue weighted by Gasteiger charge is -2.33. The molecule has 24 heavy (non-hydrogen) atoms. The second-order valence-corrected chi connectivity index (χ2v) is 7.05. The number of hydrogen-bond donors (Lipinski definition) is 2. The molecule has 0 saturated carbocycles. The molecule has 0 amide bonds. The Labute approximate surface area is 142 Å². The number of benzene rings is 2. The van der Waals surface area contributed by atoms with Gasteiger partial charge >= 0.3 is 0 Å². The van der Waals surface area contributed by atoms with E-state index in [9.17, 15) is 8.78 Å². The predicted molar refractivity (Wildman–Crippen MR) is 95.5 cm³/mol. The molecule has 1 aromatic heterocycles. The van der Waals surface area contributed by atoms with Crippen molar-refractivity contribution in [1.82, 2.24) is 0 Å². The Morgan fingerprint density at radius 3 is 2.38 bits per heavy atom. The number of rotatable bonds is 3. The van der Waals surface area contributed by atoms with Gasteiger partial charge in [-0.15, -0.1) is 17.3 Å². The minimum Gasteiger partial charge on any atom is -0.390 e. The van der Waals surface area contributed by atoms with Crippen LogP contribution in [0, 0.1) is 11.8 Å². The van der Waals surface area contributed by atoms with Crippen molar-refractivity contribution in [2.75, 3.05) is 6.61 Å². The Balaban J connectivity index is 2.24. The van der Waals surface area contributed by atoms with Gasteiger partial charge in [0, 0.05) is 25.7 Å². The summed E-state index contributed by atoms with van der Waals surface area (Å²) in [5, 5.41) is 10.8. The van der Waals surface area contributed by atoms with E-state index in [-0.39, 0.29) is 0 Å². The Hall–Kier alpha value is -2.00. The quantitative estimate of drug-likeness (QED) is 0.698. The van der Waals surface area contributed by atoms with E-state index in [0.29, 0.717) is 5.56 Å². The van der Waals surface area contributed by atoms with Crippen LogP contribution >= 0.6 is 11.3 Å². The monoisotopic (exact) mass is 345 g/mol. The van der Waals surface area contributed by atoms with Crippen molar-refractivity contribution in [2.45, 2.75) is 25.3 Å². The summed E-state index contributed by atoms with van der Waals surface area (Å²) in [6.45, 7) is 1.72. The first-order chi connectivity index (χ1) is 11.3. The predicted octanol–water partition coefficient (Wildman–Crippen LogP) is 4.23. The summed E-state index contributed by atoms with van der Waals surface area (Å²) >= 11 is 1.60. The molecule has 0 radical (unpaired) electrons. The van der Waals surface area contributed by atoms with Crippen molar-refractivity contribution in [2.24, 2.45) is 5.73 Å². The third-order valence-electron chi connectivity index (χ3n) is 4.30. The molecule has 1 unspecified atom stereocenters. The van der Waals surface area contributed by atoms with Gasteiger partial charge in [0.05, 0.1) is 0 Å². The minimum atomic E-state index is -3.41. The maximum atomic E-state index is 14.0. The number of aliphatic hydroxyl groups is 1. The summed E-state index contributed by atoms with van der Waals surface area (Å²) in [6, 6.07) is 11.0. The lowest BCUT2D eigenvalue weighted by atomic mass is 9.86. The van der Waals surface area contributed by atoms with Crippen LogP contribution < -0.4 is 5.73 Å². The highest BCUT2D eigenvalue weighted by Gasteiger charge is 2.48. The molecule has 3 rings (SSSR count).